The van der Waals surface area contributed by atoms with Crippen molar-refractivity contribution in [1.82, 2.24) is 20.3 Å². The molecular weight excluding hydrogens is 296 g/mol. The monoisotopic (exact) mass is 318 g/mol. The van der Waals surface area contributed by atoms with Crippen LogP contribution in [-0.2, 0) is 11.8 Å². The van der Waals surface area contributed by atoms with E-state index in [0.29, 0.717) is 0 Å². The van der Waals surface area contributed by atoms with E-state index in [2.05, 4.69) is 44.5 Å². The van der Waals surface area contributed by atoms with Crippen molar-refractivity contribution < 1.29 is 0 Å². The molecule has 1 saturated heterocycles. The number of benzene rings is 1. The van der Waals surface area contributed by atoms with Gasteiger partial charge in [0.1, 0.15) is 5.82 Å². The largest absolute Gasteiger partial charge is 0.342 e. The fraction of sp³-hybridized carbons (Fsp3) is 0.300. The summed E-state index contributed by atoms with van der Waals surface area (Å²) in [6.45, 7) is 2.08. The van der Waals surface area contributed by atoms with E-state index in [9.17, 15) is 0 Å². The van der Waals surface area contributed by atoms with Crippen LogP contribution < -0.4 is 5.32 Å². The first-order valence-corrected chi connectivity index (χ1v) is 8.57. The molecule has 0 atom stereocenters. The van der Waals surface area contributed by atoms with E-state index in [1.165, 1.54) is 11.4 Å². The lowest BCUT2D eigenvalue weighted by atomic mass is 9.72. The average Bonchev–Trinajstić information content (AvgIpc) is 3.12. The average molecular weight is 318 g/mol. The number of nitrogens with zero attached hydrogens (tertiary/aromatic N) is 2. The van der Waals surface area contributed by atoms with Crippen molar-refractivity contribution in [3.8, 4) is 11.4 Å². The summed E-state index contributed by atoms with van der Waals surface area (Å²) in [5.74, 6) is 0.940. The zero-order valence-corrected chi connectivity index (χ0v) is 13.7. The highest BCUT2D eigenvalue weighted by molar-refractivity contribution is 5.54. The fourth-order valence-corrected chi connectivity index (χ4v) is 3.66. The van der Waals surface area contributed by atoms with Gasteiger partial charge in [-0.15, -0.1) is 0 Å². The highest BCUT2D eigenvalue weighted by Gasteiger charge is 2.35. The van der Waals surface area contributed by atoms with Gasteiger partial charge in [0.25, 0.3) is 0 Å². The zero-order chi connectivity index (χ0) is 16.2. The molecule has 2 N–H and O–H groups in total. The number of nitrogens with one attached hydrogen (secondary N) is 2. The summed E-state index contributed by atoms with van der Waals surface area (Å²) in [7, 11) is 0. The Balaban J connectivity index is 1.63. The number of hydrogen-bond donors (Lipinski definition) is 2. The Morgan fingerprint density at radius 3 is 2.46 bits per heavy atom. The molecule has 1 fully saturated rings. The molecule has 1 aliphatic heterocycles. The number of aromatic amines is 1. The van der Waals surface area contributed by atoms with Crippen molar-refractivity contribution >= 4 is 0 Å². The predicted octanol–water partition coefficient (Wildman–Crippen LogP) is 3.34. The highest BCUT2D eigenvalue weighted by atomic mass is 14.9. The molecule has 3 heterocycles. The normalized spacial score (nSPS) is 16.8. The van der Waals surface area contributed by atoms with Crippen LogP contribution in [0.5, 0.6) is 0 Å². The van der Waals surface area contributed by atoms with Crippen molar-refractivity contribution in [1.29, 1.82) is 0 Å². The number of rotatable bonds is 4. The molecule has 0 unspecified atom stereocenters. The molecule has 0 radical (unpaired) electrons. The second-order valence-corrected chi connectivity index (χ2v) is 6.55. The fourth-order valence-electron chi connectivity index (χ4n) is 3.66. The third kappa shape index (κ3) is 2.97. The van der Waals surface area contributed by atoms with Gasteiger partial charge in [-0.1, -0.05) is 36.4 Å². The lowest BCUT2D eigenvalue weighted by Gasteiger charge is -2.37. The van der Waals surface area contributed by atoms with Crippen molar-refractivity contribution in [3.05, 3.63) is 72.3 Å². The van der Waals surface area contributed by atoms with Crippen molar-refractivity contribution in [2.75, 3.05) is 13.1 Å². The molecule has 122 valence electrons. The van der Waals surface area contributed by atoms with Gasteiger partial charge in [-0.05, 0) is 38.1 Å². The SMILES string of the molecule is c1ccc(-c2ncc(CC3(c4ccccn4)CCNCC3)[nH]2)cc1. The number of pyridine rings is 1. The number of aromatic nitrogens is 3. The maximum absolute atomic E-state index is 4.67. The molecule has 0 amide bonds. The molecule has 0 bridgehead atoms. The lowest BCUT2D eigenvalue weighted by molar-refractivity contribution is 0.295. The topological polar surface area (TPSA) is 53.6 Å². The van der Waals surface area contributed by atoms with Gasteiger partial charge < -0.3 is 10.3 Å². The number of imidazole rings is 1. The maximum Gasteiger partial charge on any atom is 0.137 e. The summed E-state index contributed by atoms with van der Waals surface area (Å²) in [5, 5.41) is 3.47. The van der Waals surface area contributed by atoms with Crippen LogP contribution in [0.3, 0.4) is 0 Å². The standard InChI is InChI=1S/C20H22N4/c1-2-6-16(7-3-1)19-23-15-17(24-19)14-20(9-12-21-13-10-20)18-8-4-5-11-22-18/h1-8,11,15,21H,9-10,12-14H2,(H,23,24). The van der Waals surface area contributed by atoms with Crippen LogP contribution in [0.2, 0.25) is 0 Å². The summed E-state index contributed by atoms with van der Waals surface area (Å²) < 4.78 is 0. The van der Waals surface area contributed by atoms with E-state index in [1.54, 1.807) is 0 Å². The Morgan fingerprint density at radius 1 is 0.917 bits per heavy atom. The van der Waals surface area contributed by atoms with E-state index in [0.717, 1.165) is 43.7 Å². The summed E-state index contributed by atoms with van der Waals surface area (Å²) >= 11 is 0. The molecule has 24 heavy (non-hydrogen) atoms. The molecule has 4 rings (SSSR count). The first kappa shape index (κ1) is 15.1. The van der Waals surface area contributed by atoms with Crippen LogP contribution in [-0.4, -0.2) is 28.0 Å². The number of hydrogen-bond acceptors (Lipinski definition) is 3. The second-order valence-electron chi connectivity index (χ2n) is 6.55. The van der Waals surface area contributed by atoms with Crippen molar-refractivity contribution in [2.24, 2.45) is 0 Å². The predicted molar refractivity (Wildman–Crippen MR) is 95.7 cm³/mol. The summed E-state index contributed by atoms with van der Waals surface area (Å²) in [5.41, 5.74) is 3.59. The number of piperidine rings is 1. The van der Waals surface area contributed by atoms with Gasteiger partial charge in [-0.2, -0.15) is 0 Å². The van der Waals surface area contributed by atoms with Crippen LogP contribution in [0.4, 0.5) is 0 Å². The van der Waals surface area contributed by atoms with Gasteiger partial charge in [0.05, 0.1) is 0 Å². The van der Waals surface area contributed by atoms with E-state index in [4.69, 9.17) is 0 Å². The molecule has 4 nitrogen and oxygen atoms in total. The molecule has 1 aromatic carbocycles. The lowest BCUT2D eigenvalue weighted by Crippen LogP contribution is -2.42. The molecule has 3 aromatic rings. The maximum atomic E-state index is 4.67. The van der Waals surface area contributed by atoms with E-state index < -0.39 is 0 Å². The van der Waals surface area contributed by atoms with Crippen LogP contribution in [0.15, 0.2) is 60.9 Å². The minimum atomic E-state index is 0.0903. The smallest absolute Gasteiger partial charge is 0.137 e. The summed E-state index contributed by atoms with van der Waals surface area (Å²) in [6.07, 6.45) is 7.04. The Morgan fingerprint density at radius 2 is 1.71 bits per heavy atom. The molecule has 1 aliphatic rings. The Kier molecular flexibility index (Phi) is 4.13. The van der Waals surface area contributed by atoms with Gasteiger partial charge in [-0.3, -0.25) is 4.98 Å². The minimum Gasteiger partial charge on any atom is -0.342 e. The number of H-pyrrole nitrogens is 1. The first-order chi connectivity index (χ1) is 11.9. The molecule has 0 saturated carbocycles. The molecule has 0 aliphatic carbocycles. The summed E-state index contributed by atoms with van der Waals surface area (Å²) in [6, 6.07) is 16.5. The third-order valence-corrected chi connectivity index (χ3v) is 4.97. The van der Waals surface area contributed by atoms with Gasteiger partial charge >= 0.3 is 0 Å². The van der Waals surface area contributed by atoms with Gasteiger partial charge in [0.15, 0.2) is 0 Å². The molecule has 4 heteroatoms. The third-order valence-electron chi connectivity index (χ3n) is 4.97. The Labute approximate surface area is 142 Å². The van der Waals surface area contributed by atoms with Crippen LogP contribution >= 0.6 is 0 Å². The molecular formula is C20H22N4. The van der Waals surface area contributed by atoms with Crippen LogP contribution in [0.1, 0.15) is 24.2 Å². The highest BCUT2D eigenvalue weighted by Crippen LogP contribution is 2.35. The van der Waals surface area contributed by atoms with E-state index in [-0.39, 0.29) is 5.41 Å². The van der Waals surface area contributed by atoms with Crippen LogP contribution in [0.25, 0.3) is 11.4 Å². The second kappa shape index (κ2) is 6.57. The van der Waals surface area contributed by atoms with Gasteiger partial charge in [0.2, 0.25) is 0 Å². The zero-order valence-electron chi connectivity index (χ0n) is 13.7. The van der Waals surface area contributed by atoms with Gasteiger partial charge in [0, 0.05) is 41.2 Å². The molecule has 2 aromatic heterocycles. The molecule has 0 spiro atoms. The quantitative estimate of drug-likeness (QED) is 0.776. The van der Waals surface area contributed by atoms with Crippen molar-refractivity contribution in [3.63, 3.8) is 0 Å². The minimum absolute atomic E-state index is 0.0903. The van der Waals surface area contributed by atoms with Crippen LogP contribution in [0, 0.1) is 0 Å². The summed E-state index contributed by atoms with van der Waals surface area (Å²) in [4.78, 5) is 12.8. The Bertz CT molecular complexity index is 774. The van der Waals surface area contributed by atoms with Gasteiger partial charge in [-0.25, -0.2) is 4.98 Å². The van der Waals surface area contributed by atoms with Crippen molar-refractivity contribution in [2.45, 2.75) is 24.7 Å². The Hall–Kier alpha value is -2.46. The first-order valence-electron chi connectivity index (χ1n) is 8.57. The van der Waals surface area contributed by atoms with E-state index >= 15 is 0 Å². The van der Waals surface area contributed by atoms with E-state index in [1.807, 2.05) is 36.7 Å².